The van der Waals surface area contributed by atoms with E-state index in [2.05, 4.69) is 17.1 Å². The van der Waals surface area contributed by atoms with E-state index in [1.165, 1.54) is 29.5 Å². The molecule has 1 unspecified atom stereocenters. The summed E-state index contributed by atoms with van der Waals surface area (Å²) in [5.41, 5.74) is 1.89. The second-order valence-electron chi connectivity index (χ2n) is 8.70. The zero-order chi connectivity index (χ0) is 23.5. The molecule has 176 valence electrons. The van der Waals surface area contributed by atoms with Crippen molar-refractivity contribution in [1.29, 1.82) is 0 Å². The molecule has 2 saturated heterocycles. The summed E-state index contributed by atoms with van der Waals surface area (Å²) < 4.78 is 19.1. The number of pyridine rings is 1. The molecule has 3 heterocycles. The van der Waals surface area contributed by atoms with Gasteiger partial charge >= 0.3 is 6.09 Å². The molecular formula is C26H26FN3O3S. The predicted molar refractivity (Wildman–Crippen MR) is 129 cm³/mol. The van der Waals surface area contributed by atoms with E-state index in [0.29, 0.717) is 25.2 Å². The third-order valence-electron chi connectivity index (χ3n) is 6.54. The Labute approximate surface area is 202 Å². The maximum Gasteiger partial charge on any atom is 0.410 e. The van der Waals surface area contributed by atoms with Gasteiger partial charge in [0.25, 0.3) is 0 Å². The number of amides is 2. The molecule has 8 heteroatoms. The number of likely N-dealkylation sites (tertiary alicyclic amines) is 1. The van der Waals surface area contributed by atoms with Crippen molar-refractivity contribution < 1.29 is 18.7 Å². The largest absolute Gasteiger partial charge is 0.447 e. The Kier molecular flexibility index (Phi) is 6.67. The van der Waals surface area contributed by atoms with Crippen LogP contribution in [0.25, 0.3) is 10.9 Å². The van der Waals surface area contributed by atoms with Gasteiger partial charge in [-0.25, -0.2) is 9.18 Å². The van der Waals surface area contributed by atoms with Crippen molar-refractivity contribution in [3.8, 4) is 0 Å². The van der Waals surface area contributed by atoms with Crippen LogP contribution in [0.2, 0.25) is 0 Å². The number of benzene rings is 2. The molecule has 0 bridgehead atoms. The quantitative estimate of drug-likeness (QED) is 0.487. The molecule has 2 aliphatic heterocycles. The van der Waals surface area contributed by atoms with Crippen molar-refractivity contribution in [1.82, 2.24) is 14.8 Å². The summed E-state index contributed by atoms with van der Waals surface area (Å²) in [6.45, 7) is 1.62. The highest BCUT2D eigenvalue weighted by molar-refractivity contribution is 8.00. The lowest BCUT2D eigenvalue weighted by molar-refractivity contribution is -0.129. The average molecular weight is 480 g/mol. The second-order valence-corrected chi connectivity index (χ2v) is 9.72. The van der Waals surface area contributed by atoms with Crippen LogP contribution in [0, 0.1) is 5.82 Å². The summed E-state index contributed by atoms with van der Waals surface area (Å²) in [7, 11) is 0. The molecule has 3 aromatic rings. The van der Waals surface area contributed by atoms with Crippen LogP contribution < -0.4 is 0 Å². The Bertz CT molecular complexity index is 1180. The number of rotatable bonds is 6. The summed E-state index contributed by atoms with van der Waals surface area (Å²) in [4.78, 5) is 34.2. The van der Waals surface area contributed by atoms with Crippen LogP contribution in [0.4, 0.5) is 9.18 Å². The summed E-state index contributed by atoms with van der Waals surface area (Å²) in [6, 6.07) is 16.5. The van der Waals surface area contributed by atoms with E-state index in [1.807, 2.05) is 34.1 Å². The van der Waals surface area contributed by atoms with Crippen molar-refractivity contribution in [2.75, 3.05) is 25.4 Å². The fourth-order valence-electron chi connectivity index (χ4n) is 4.81. The molecule has 34 heavy (non-hydrogen) atoms. The van der Waals surface area contributed by atoms with Crippen LogP contribution in [0.5, 0.6) is 0 Å². The number of nitrogens with zero attached hydrogens (tertiary/aromatic N) is 3. The van der Waals surface area contributed by atoms with Gasteiger partial charge in [-0.3, -0.25) is 14.7 Å². The maximum absolute atomic E-state index is 13.7. The van der Waals surface area contributed by atoms with E-state index in [1.54, 1.807) is 12.3 Å². The minimum Gasteiger partial charge on any atom is -0.447 e. The predicted octanol–water partition coefficient (Wildman–Crippen LogP) is 4.52. The number of carbonyl (C=O) groups excluding carboxylic acids is 2. The third kappa shape index (κ3) is 4.87. The number of hydrogen-bond donors (Lipinski definition) is 0. The van der Waals surface area contributed by atoms with Crippen molar-refractivity contribution >= 4 is 34.7 Å². The number of thioether (sulfide) groups is 1. The molecule has 2 aliphatic rings. The number of ether oxygens (including phenoxy) is 1. The first-order chi connectivity index (χ1) is 16.6. The number of piperidine rings is 1. The molecule has 0 saturated carbocycles. The highest BCUT2D eigenvalue weighted by atomic mass is 32.2. The van der Waals surface area contributed by atoms with Gasteiger partial charge in [0.1, 0.15) is 12.4 Å². The smallest absolute Gasteiger partial charge is 0.410 e. The van der Waals surface area contributed by atoms with E-state index < -0.39 is 0 Å². The van der Waals surface area contributed by atoms with E-state index in [9.17, 15) is 14.0 Å². The molecule has 0 aliphatic carbocycles. The van der Waals surface area contributed by atoms with Crippen molar-refractivity contribution in [3.05, 3.63) is 72.2 Å². The zero-order valence-corrected chi connectivity index (χ0v) is 19.5. The first-order valence-electron chi connectivity index (χ1n) is 11.5. The van der Waals surface area contributed by atoms with Gasteiger partial charge in [-0.15, -0.1) is 11.8 Å². The number of halogens is 1. The number of aromatic nitrogens is 1. The minimum atomic E-state index is -0.318. The Morgan fingerprint density at radius 3 is 2.71 bits per heavy atom. The Morgan fingerprint density at radius 1 is 1.12 bits per heavy atom. The van der Waals surface area contributed by atoms with Crippen LogP contribution in [-0.4, -0.2) is 64.3 Å². The molecule has 2 aromatic carbocycles. The molecule has 1 atom stereocenters. The maximum atomic E-state index is 13.7. The first kappa shape index (κ1) is 22.7. The number of fused-ring (bicyclic) bond motifs is 1. The number of carbonyl (C=O) groups is 2. The molecule has 0 spiro atoms. The molecule has 0 radical (unpaired) electrons. The lowest BCUT2D eigenvalue weighted by Crippen LogP contribution is -2.50. The van der Waals surface area contributed by atoms with E-state index in [4.69, 9.17) is 4.74 Å². The molecule has 2 fully saturated rings. The first-order valence-corrected chi connectivity index (χ1v) is 12.5. The van der Waals surface area contributed by atoms with Crippen LogP contribution >= 0.6 is 11.8 Å². The fourth-order valence-corrected chi connectivity index (χ4v) is 5.74. The molecular weight excluding hydrogens is 453 g/mol. The van der Waals surface area contributed by atoms with Crippen LogP contribution in [-0.2, 0) is 16.0 Å². The molecule has 1 aromatic heterocycles. The van der Waals surface area contributed by atoms with E-state index in [-0.39, 0.29) is 35.7 Å². The molecule has 5 rings (SSSR count). The van der Waals surface area contributed by atoms with Crippen molar-refractivity contribution in [2.24, 2.45) is 0 Å². The molecule has 0 N–H and O–H groups in total. The normalized spacial score (nSPS) is 19.0. The van der Waals surface area contributed by atoms with Gasteiger partial charge in [-0.2, -0.15) is 0 Å². The van der Waals surface area contributed by atoms with Gasteiger partial charge in [0, 0.05) is 35.6 Å². The van der Waals surface area contributed by atoms with Crippen molar-refractivity contribution in [2.45, 2.75) is 36.2 Å². The highest BCUT2D eigenvalue weighted by Gasteiger charge is 2.39. The topological polar surface area (TPSA) is 62.7 Å². The Morgan fingerprint density at radius 2 is 1.91 bits per heavy atom. The highest BCUT2D eigenvalue weighted by Crippen LogP contribution is 2.29. The standard InChI is InChI=1S/C26H26FN3O3S/c27-19-6-7-23-22(15-19)24(8-11-28-23)34-17-25(31)29-12-9-20(10-13-29)30-21(16-33-26(30)32)14-18-4-2-1-3-5-18/h1-8,11,15,20-21H,9-10,12-14,16-17H2. The van der Waals surface area contributed by atoms with Gasteiger partial charge in [0.05, 0.1) is 17.3 Å². The summed E-state index contributed by atoms with van der Waals surface area (Å²) in [5.74, 6) is 0.0132. The summed E-state index contributed by atoms with van der Waals surface area (Å²) in [5, 5.41) is 0.719. The lowest BCUT2D eigenvalue weighted by Gasteiger charge is -2.38. The second kappa shape index (κ2) is 10.0. The van der Waals surface area contributed by atoms with Gasteiger partial charge < -0.3 is 9.64 Å². The van der Waals surface area contributed by atoms with Gasteiger partial charge in [0.2, 0.25) is 5.91 Å². The molecule has 6 nitrogen and oxygen atoms in total. The zero-order valence-electron chi connectivity index (χ0n) is 18.7. The van der Waals surface area contributed by atoms with Crippen LogP contribution in [0.1, 0.15) is 18.4 Å². The third-order valence-corrected chi connectivity index (χ3v) is 7.60. The van der Waals surface area contributed by atoms with E-state index >= 15 is 0 Å². The van der Waals surface area contributed by atoms with Gasteiger partial charge in [0.15, 0.2) is 0 Å². The molecule has 2 amide bonds. The monoisotopic (exact) mass is 479 g/mol. The summed E-state index contributed by atoms with van der Waals surface area (Å²) >= 11 is 1.41. The van der Waals surface area contributed by atoms with Gasteiger partial charge in [-0.05, 0) is 49.1 Å². The average Bonchev–Trinajstić information content (AvgIpc) is 3.22. The van der Waals surface area contributed by atoms with Crippen molar-refractivity contribution in [3.63, 3.8) is 0 Å². The SMILES string of the molecule is O=C(CSc1ccnc2ccc(F)cc12)N1CCC(N2C(=O)OCC2Cc2ccccc2)CC1. The lowest BCUT2D eigenvalue weighted by atomic mass is 9.99. The van der Waals surface area contributed by atoms with Crippen LogP contribution in [0.15, 0.2) is 65.7 Å². The Balaban J connectivity index is 1.17. The fraction of sp³-hybridized carbons (Fsp3) is 0.346. The number of cyclic esters (lactones) is 1. The number of hydrogen-bond acceptors (Lipinski definition) is 5. The Hall–Kier alpha value is -3.13. The van der Waals surface area contributed by atoms with E-state index in [0.717, 1.165) is 29.5 Å². The minimum absolute atomic E-state index is 0.0260. The summed E-state index contributed by atoms with van der Waals surface area (Å²) in [6.07, 6.45) is 3.67. The van der Waals surface area contributed by atoms with Crippen LogP contribution in [0.3, 0.4) is 0 Å². The van der Waals surface area contributed by atoms with Gasteiger partial charge in [-0.1, -0.05) is 30.3 Å².